The number of phenolic OH excluding ortho intramolecular Hbond substituents is 2. The molecule has 5 rings (SSSR count). The SMILES string of the molecule is COC1=CC(=O)C=C(C)C1C(=O)Oc1c(C)c(C)c(C(=O)Oc2cc(C)c(C(=O)Oc3c(C)c(C)c(C(=O)O)c(C)c3-c3ccccc3O)c(C)c2C)c(O)c1Br. The van der Waals surface area contributed by atoms with Crippen LogP contribution in [0.3, 0.4) is 0 Å². The number of carboxylic acid groups (broad SMARTS) is 1. The maximum absolute atomic E-state index is 14.1. The van der Waals surface area contributed by atoms with Gasteiger partial charge in [-0.25, -0.2) is 14.4 Å². The molecule has 3 N–H and O–H groups in total. The minimum absolute atomic E-state index is 0.0304. The second-order valence-electron chi connectivity index (χ2n) is 13.9. The van der Waals surface area contributed by atoms with Crippen LogP contribution in [0.1, 0.15) is 82.5 Å². The zero-order chi connectivity index (χ0) is 42.4. The van der Waals surface area contributed by atoms with Crippen molar-refractivity contribution in [3.8, 4) is 39.9 Å². The molecule has 1 atom stereocenters. The Morgan fingerprint density at radius 3 is 1.88 bits per heavy atom. The van der Waals surface area contributed by atoms with Crippen molar-refractivity contribution in [2.75, 3.05) is 7.11 Å². The summed E-state index contributed by atoms with van der Waals surface area (Å²) in [6.07, 6.45) is 2.50. The molecule has 0 radical (unpaired) electrons. The zero-order valence-electron chi connectivity index (χ0n) is 33.0. The van der Waals surface area contributed by atoms with Crippen LogP contribution in [-0.4, -0.2) is 52.1 Å². The number of aromatic carboxylic acids is 1. The number of hydrogen-bond acceptors (Lipinski definition) is 11. The predicted octanol–water partition coefficient (Wildman–Crippen LogP) is 8.71. The number of methoxy groups -OCH3 is 1. The van der Waals surface area contributed by atoms with E-state index in [9.17, 15) is 39.3 Å². The van der Waals surface area contributed by atoms with E-state index < -0.39 is 35.5 Å². The third kappa shape index (κ3) is 7.54. The number of benzene rings is 4. The van der Waals surface area contributed by atoms with E-state index >= 15 is 0 Å². The molecular formula is C44H41BrO12. The number of ether oxygens (including phenoxy) is 4. The topological polar surface area (TPSA) is 183 Å². The van der Waals surface area contributed by atoms with Crippen LogP contribution in [0.2, 0.25) is 0 Å². The highest BCUT2D eigenvalue weighted by Gasteiger charge is 2.34. The number of para-hydroxylation sites is 1. The molecule has 0 aliphatic heterocycles. The van der Waals surface area contributed by atoms with E-state index in [-0.39, 0.29) is 72.4 Å². The Morgan fingerprint density at radius 1 is 0.684 bits per heavy atom. The molecule has 296 valence electrons. The normalized spacial score (nSPS) is 13.7. The first-order valence-electron chi connectivity index (χ1n) is 17.6. The molecule has 0 amide bonds. The van der Waals surface area contributed by atoms with Crippen molar-refractivity contribution in [3.63, 3.8) is 0 Å². The molecule has 1 unspecified atom stereocenters. The van der Waals surface area contributed by atoms with Gasteiger partial charge in [-0.1, -0.05) is 18.2 Å². The van der Waals surface area contributed by atoms with Gasteiger partial charge in [0.2, 0.25) is 0 Å². The first-order valence-corrected chi connectivity index (χ1v) is 18.4. The predicted molar refractivity (Wildman–Crippen MR) is 214 cm³/mol. The van der Waals surface area contributed by atoms with Crippen molar-refractivity contribution >= 4 is 45.6 Å². The molecule has 12 nitrogen and oxygen atoms in total. The number of halogens is 1. The summed E-state index contributed by atoms with van der Waals surface area (Å²) in [5.41, 5.74) is 3.90. The Labute approximate surface area is 337 Å². The van der Waals surface area contributed by atoms with E-state index in [0.29, 0.717) is 44.5 Å². The monoisotopic (exact) mass is 840 g/mol. The maximum atomic E-state index is 14.1. The third-order valence-corrected chi connectivity index (χ3v) is 11.2. The molecule has 1 aliphatic carbocycles. The fourth-order valence-corrected chi connectivity index (χ4v) is 7.64. The molecule has 0 spiro atoms. The van der Waals surface area contributed by atoms with Crippen molar-refractivity contribution in [2.45, 2.75) is 62.3 Å². The van der Waals surface area contributed by atoms with Crippen LogP contribution < -0.4 is 14.2 Å². The van der Waals surface area contributed by atoms with Gasteiger partial charge in [-0.05, 0) is 147 Å². The number of aromatic hydroxyl groups is 2. The Kier molecular flexibility index (Phi) is 11.8. The van der Waals surface area contributed by atoms with Gasteiger partial charge in [0, 0.05) is 17.2 Å². The maximum Gasteiger partial charge on any atom is 0.347 e. The number of ketones is 1. The van der Waals surface area contributed by atoms with Crippen LogP contribution in [0, 0.1) is 61.3 Å². The highest BCUT2D eigenvalue weighted by Crippen LogP contribution is 2.46. The summed E-state index contributed by atoms with van der Waals surface area (Å²) >= 11 is 3.27. The summed E-state index contributed by atoms with van der Waals surface area (Å²) in [5, 5.41) is 32.1. The largest absolute Gasteiger partial charge is 0.507 e. The van der Waals surface area contributed by atoms with Crippen molar-refractivity contribution in [1.29, 1.82) is 0 Å². The van der Waals surface area contributed by atoms with Crippen LogP contribution in [0.25, 0.3) is 11.1 Å². The van der Waals surface area contributed by atoms with E-state index in [1.54, 1.807) is 80.5 Å². The van der Waals surface area contributed by atoms with Crippen LogP contribution in [0.15, 0.2) is 58.3 Å². The molecule has 0 aromatic heterocycles. The number of phenols is 2. The van der Waals surface area contributed by atoms with Gasteiger partial charge in [0.15, 0.2) is 11.5 Å². The quantitative estimate of drug-likeness (QED) is 0.108. The Hall–Kier alpha value is -6.21. The third-order valence-electron chi connectivity index (χ3n) is 10.5. The number of aryl methyl sites for hydroxylation is 1. The first kappa shape index (κ1) is 41.9. The lowest BCUT2D eigenvalue weighted by Crippen LogP contribution is -2.28. The second-order valence-corrected chi connectivity index (χ2v) is 14.7. The van der Waals surface area contributed by atoms with Crippen LogP contribution in [0.5, 0.6) is 28.7 Å². The highest BCUT2D eigenvalue weighted by atomic mass is 79.9. The summed E-state index contributed by atoms with van der Waals surface area (Å²) < 4.78 is 22.8. The number of hydrogen-bond donors (Lipinski definition) is 3. The molecule has 0 saturated carbocycles. The van der Waals surface area contributed by atoms with Gasteiger partial charge in [0.05, 0.1) is 18.2 Å². The molecule has 4 aromatic carbocycles. The number of carbonyl (C=O) groups excluding carboxylic acids is 4. The van der Waals surface area contributed by atoms with Gasteiger partial charge in [-0.15, -0.1) is 0 Å². The van der Waals surface area contributed by atoms with Gasteiger partial charge < -0.3 is 34.3 Å². The van der Waals surface area contributed by atoms with Gasteiger partial charge in [0.25, 0.3) is 0 Å². The average molecular weight is 842 g/mol. The molecule has 0 bridgehead atoms. The molecule has 57 heavy (non-hydrogen) atoms. The second kappa shape index (κ2) is 16.1. The summed E-state index contributed by atoms with van der Waals surface area (Å²) in [5.74, 6) is -5.37. The lowest BCUT2D eigenvalue weighted by Gasteiger charge is -2.23. The number of allylic oxidation sites excluding steroid dienone is 2. The first-order chi connectivity index (χ1) is 26.7. The smallest absolute Gasteiger partial charge is 0.347 e. The summed E-state index contributed by atoms with van der Waals surface area (Å²) in [7, 11) is 1.33. The van der Waals surface area contributed by atoms with Gasteiger partial charge in [-0.3, -0.25) is 9.59 Å². The Balaban J connectivity index is 1.48. The Bertz CT molecular complexity index is 2480. The average Bonchev–Trinajstić information content (AvgIpc) is 3.13. The minimum Gasteiger partial charge on any atom is -0.507 e. The van der Waals surface area contributed by atoms with Crippen LogP contribution in [0.4, 0.5) is 0 Å². The van der Waals surface area contributed by atoms with Gasteiger partial charge in [0.1, 0.15) is 44.7 Å². The fourth-order valence-electron chi connectivity index (χ4n) is 7.06. The van der Waals surface area contributed by atoms with Crippen LogP contribution >= 0.6 is 15.9 Å². The van der Waals surface area contributed by atoms with E-state index in [1.165, 1.54) is 31.4 Å². The lowest BCUT2D eigenvalue weighted by atomic mass is 9.88. The summed E-state index contributed by atoms with van der Waals surface area (Å²) in [4.78, 5) is 65.5. The Morgan fingerprint density at radius 2 is 1.26 bits per heavy atom. The fraction of sp³-hybridized carbons (Fsp3) is 0.250. The number of rotatable bonds is 9. The van der Waals surface area contributed by atoms with Gasteiger partial charge >= 0.3 is 23.9 Å². The van der Waals surface area contributed by atoms with Crippen molar-refractivity contribution in [1.82, 2.24) is 0 Å². The minimum atomic E-state index is -1.17. The van der Waals surface area contributed by atoms with Crippen molar-refractivity contribution in [3.05, 3.63) is 119 Å². The standard InChI is InChI=1S/C44H41BrO12/c1-18-15-27(46)17-31(54-10)33(18)43(52)57-40-25(8)23(6)36(38(48)37(40)45)44(53)55-30-16-19(2)32(21(4)20(30)3)42(51)56-39-24(7)22(5)34(41(49)50)26(9)35(39)28-13-11-12-14-29(28)47/h11-17,33,47-48H,1-10H3,(H,49,50). The van der Waals surface area contributed by atoms with E-state index in [1.807, 2.05) is 0 Å². The van der Waals surface area contributed by atoms with E-state index in [0.717, 1.165) is 0 Å². The molecule has 1 aliphatic rings. The molecular weight excluding hydrogens is 800 g/mol. The summed E-state index contributed by atoms with van der Waals surface area (Å²) in [6, 6.07) is 7.85. The van der Waals surface area contributed by atoms with E-state index in [4.69, 9.17) is 18.9 Å². The molecule has 0 saturated heterocycles. The molecule has 0 heterocycles. The molecule has 13 heteroatoms. The number of carbonyl (C=O) groups is 5. The molecule has 4 aromatic rings. The van der Waals surface area contributed by atoms with Crippen LogP contribution in [-0.2, 0) is 14.3 Å². The zero-order valence-corrected chi connectivity index (χ0v) is 34.6. The highest BCUT2D eigenvalue weighted by molar-refractivity contribution is 9.10. The number of carboxylic acids is 1. The summed E-state index contributed by atoms with van der Waals surface area (Å²) in [6.45, 7) is 14.6. The lowest BCUT2D eigenvalue weighted by molar-refractivity contribution is -0.137. The van der Waals surface area contributed by atoms with Crippen molar-refractivity contribution in [2.24, 2.45) is 5.92 Å². The van der Waals surface area contributed by atoms with Crippen molar-refractivity contribution < 1.29 is 58.2 Å². The molecule has 0 fully saturated rings. The van der Waals surface area contributed by atoms with Gasteiger partial charge in [-0.2, -0.15) is 0 Å². The number of esters is 3. The van der Waals surface area contributed by atoms with E-state index in [2.05, 4.69) is 15.9 Å².